The second-order valence-corrected chi connectivity index (χ2v) is 18.1. The highest BCUT2D eigenvalue weighted by molar-refractivity contribution is 8.13. The summed E-state index contributed by atoms with van der Waals surface area (Å²) in [6, 6.07) is -1.90. The number of nitrogens with zero attached hydrogens (tertiary/aromatic N) is 2. The summed E-state index contributed by atoms with van der Waals surface area (Å²) in [5, 5.41) is 4.84. The van der Waals surface area contributed by atoms with Crippen molar-refractivity contribution in [1.82, 2.24) is 20.4 Å². The van der Waals surface area contributed by atoms with Crippen molar-refractivity contribution in [3.05, 3.63) is 0 Å². The van der Waals surface area contributed by atoms with Gasteiger partial charge in [0.15, 0.2) is 10.2 Å². The Kier molecular flexibility index (Phi) is 27.2. The first kappa shape index (κ1) is 52.8. The maximum absolute atomic E-state index is 12.9. The molecule has 2 N–H and O–H groups in total. The molecule has 2 atom stereocenters. The van der Waals surface area contributed by atoms with Gasteiger partial charge in [0.1, 0.15) is 12.1 Å². The first-order chi connectivity index (χ1) is 27.3. The highest BCUT2D eigenvalue weighted by Crippen LogP contribution is 2.15. The minimum Gasteiger partial charge on any atom is -0.465 e. The Bertz CT molecular complexity index is 1180. The molecule has 2 amide bonds. The number of carbonyl (C=O) groups is 8. The molecule has 1 rings (SSSR count). The van der Waals surface area contributed by atoms with Crippen LogP contribution in [-0.4, -0.2) is 145 Å². The van der Waals surface area contributed by atoms with Crippen LogP contribution in [-0.2, 0) is 57.3 Å². The molecule has 0 aliphatic carbocycles. The van der Waals surface area contributed by atoms with Crippen LogP contribution in [0.5, 0.6) is 0 Å². The Morgan fingerprint density at radius 1 is 0.466 bits per heavy atom. The van der Waals surface area contributed by atoms with Crippen LogP contribution in [0.2, 0.25) is 0 Å². The van der Waals surface area contributed by atoms with Gasteiger partial charge < -0.3 is 39.4 Å². The Hall–Kier alpha value is -3.22. The lowest BCUT2D eigenvalue weighted by Gasteiger charge is -2.29. The van der Waals surface area contributed by atoms with Gasteiger partial charge >= 0.3 is 23.9 Å². The fraction of sp³-hybridized carbons (Fsp3) is 0.800. The summed E-state index contributed by atoms with van der Waals surface area (Å²) < 4.78 is 21.0. The zero-order valence-corrected chi connectivity index (χ0v) is 37.4. The van der Waals surface area contributed by atoms with E-state index in [2.05, 4.69) is 10.6 Å². The lowest BCUT2D eigenvalue weighted by molar-refractivity contribution is -0.147. The average molecular weight is 861 g/mol. The standard InChI is InChI=1S/C40H68N4O12S2/c1-27(2)21-53-33(45)9-15-43(16-10-34(46)54-22-28(3)4)19-13-37(49)57-25-31-39(51)42-32(40(52)41-31)26-58-38(50)14-20-44(17-11-35(47)55-23-29(5)6)18-12-36(48)56-24-30(7)8/h27-32H,9-26H2,1-8H3,(H,41,52)(H,42,51). The van der Waals surface area contributed by atoms with Crippen molar-refractivity contribution in [1.29, 1.82) is 0 Å². The van der Waals surface area contributed by atoms with Crippen LogP contribution in [0.1, 0.15) is 93.9 Å². The van der Waals surface area contributed by atoms with Gasteiger partial charge in [-0.2, -0.15) is 0 Å². The largest absolute Gasteiger partial charge is 0.465 e. The number of amides is 2. The molecule has 0 aromatic heterocycles. The second-order valence-electron chi connectivity index (χ2n) is 16.0. The molecular formula is C40H68N4O12S2. The maximum Gasteiger partial charge on any atom is 0.307 e. The van der Waals surface area contributed by atoms with E-state index in [1.807, 2.05) is 65.2 Å². The van der Waals surface area contributed by atoms with E-state index in [1.54, 1.807) is 0 Å². The monoisotopic (exact) mass is 860 g/mol. The topological polar surface area (TPSA) is 204 Å². The molecule has 1 saturated heterocycles. The summed E-state index contributed by atoms with van der Waals surface area (Å²) in [5.41, 5.74) is 0. The molecule has 2 unspecified atom stereocenters. The number of rotatable bonds is 30. The van der Waals surface area contributed by atoms with Crippen molar-refractivity contribution in [3.63, 3.8) is 0 Å². The summed E-state index contributed by atoms with van der Waals surface area (Å²) in [5.74, 6) is -1.63. The van der Waals surface area contributed by atoms with Crippen LogP contribution >= 0.6 is 23.5 Å². The number of carbonyl (C=O) groups excluding carboxylic acids is 8. The molecule has 0 bridgehead atoms. The minimum absolute atomic E-state index is 0.00408. The zero-order valence-electron chi connectivity index (χ0n) is 35.8. The summed E-state index contributed by atoms with van der Waals surface area (Å²) in [6.45, 7) is 18.4. The number of nitrogens with one attached hydrogen (secondary N) is 2. The van der Waals surface area contributed by atoms with E-state index < -0.39 is 23.9 Å². The van der Waals surface area contributed by atoms with E-state index in [1.165, 1.54) is 0 Å². The first-order valence-corrected chi connectivity index (χ1v) is 22.3. The number of thioether (sulfide) groups is 2. The van der Waals surface area contributed by atoms with Crippen LogP contribution in [0.15, 0.2) is 0 Å². The van der Waals surface area contributed by atoms with Gasteiger partial charge in [-0.25, -0.2) is 0 Å². The molecule has 0 aromatic carbocycles. The third-order valence-electron chi connectivity index (χ3n) is 8.19. The van der Waals surface area contributed by atoms with Crippen molar-refractivity contribution < 1.29 is 57.3 Å². The van der Waals surface area contributed by atoms with Crippen LogP contribution < -0.4 is 10.6 Å². The molecule has 1 fully saturated rings. The highest BCUT2D eigenvalue weighted by Gasteiger charge is 2.34. The molecule has 0 spiro atoms. The predicted octanol–water partition coefficient (Wildman–Crippen LogP) is 3.23. The molecule has 58 heavy (non-hydrogen) atoms. The summed E-state index contributed by atoms with van der Waals surface area (Å²) >= 11 is 1.81. The molecule has 0 radical (unpaired) electrons. The Morgan fingerprint density at radius 3 is 0.948 bits per heavy atom. The van der Waals surface area contributed by atoms with Gasteiger partial charge in [-0.05, 0) is 23.7 Å². The summed E-state index contributed by atoms with van der Waals surface area (Å²) in [7, 11) is 0. The van der Waals surface area contributed by atoms with Crippen LogP contribution in [0.4, 0.5) is 0 Å². The van der Waals surface area contributed by atoms with E-state index in [4.69, 9.17) is 18.9 Å². The fourth-order valence-electron chi connectivity index (χ4n) is 4.90. The SMILES string of the molecule is CC(C)COC(=O)CCN(CCC(=O)OCC(C)C)CCC(=O)SCC1NC(=O)C(CSC(=O)CCN(CCC(=O)OCC(C)C)CCC(=O)OCC(C)C)NC1=O. The van der Waals surface area contributed by atoms with Crippen molar-refractivity contribution in [2.45, 2.75) is 106 Å². The number of hydrogen-bond donors (Lipinski definition) is 2. The predicted molar refractivity (Wildman–Crippen MR) is 223 cm³/mol. The van der Waals surface area contributed by atoms with Gasteiger partial charge in [0.25, 0.3) is 0 Å². The van der Waals surface area contributed by atoms with E-state index in [-0.39, 0.29) is 147 Å². The molecule has 332 valence electrons. The zero-order chi connectivity index (χ0) is 43.6. The number of esters is 4. The quantitative estimate of drug-likeness (QED) is 0.0786. The third kappa shape index (κ3) is 26.7. The van der Waals surface area contributed by atoms with Gasteiger partial charge in [-0.3, -0.25) is 38.4 Å². The third-order valence-corrected chi connectivity index (χ3v) is 10.2. The number of ether oxygens (including phenoxy) is 4. The van der Waals surface area contributed by atoms with Crippen molar-refractivity contribution in [2.24, 2.45) is 23.7 Å². The van der Waals surface area contributed by atoms with Crippen LogP contribution in [0.3, 0.4) is 0 Å². The summed E-state index contributed by atoms with van der Waals surface area (Å²) in [4.78, 5) is 104. The molecule has 1 aliphatic heterocycles. The van der Waals surface area contributed by atoms with Crippen molar-refractivity contribution >= 4 is 69.4 Å². The van der Waals surface area contributed by atoms with Gasteiger partial charge in [-0.15, -0.1) is 0 Å². The lowest BCUT2D eigenvalue weighted by Crippen LogP contribution is -2.63. The van der Waals surface area contributed by atoms with E-state index in [0.29, 0.717) is 26.4 Å². The van der Waals surface area contributed by atoms with Crippen LogP contribution in [0.25, 0.3) is 0 Å². The molecule has 1 heterocycles. The smallest absolute Gasteiger partial charge is 0.307 e. The molecule has 18 heteroatoms. The number of piperazine rings is 1. The average Bonchev–Trinajstić information content (AvgIpc) is 3.16. The normalized spacial score (nSPS) is 15.6. The van der Waals surface area contributed by atoms with Gasteiger partial charge in [0.2, 0.25) is 11.8 Å². The van der Waals surface area contributed by atoms with Gasteiger partial charge in [0.05, 0.1) is 52.1 Å². The Labute approximate surface area is 353 Å². The maximum atomic E-state index is 12.9. The van der Waals surface area contributed by atoms with Crippen LogP contribution in [0, 0.1) is 23.7 Å². The van der Waals surface area contributed by atoms with Crippen molar-refractivity contribution in [2.75, 3.05) is 77.2 Å². The molecule has 16 nitrogen and oxygen atoms in total. The van der Waals surface area contributed by atoms with E-state index >= 15 is 0 Å². The summed E-state index contributed by atoms with van der Waals surface area (Å²) in [6.07, 6.45) is 0.553. The molecular weight excluding hydrogens is 793 g/mol. The van der Waals surface area contributed by atoms with E-state index in [0.717, 1.165) is 23.5 Å². The Morgan fingerprint density at radius 2 is 0.707 bits per heavy atom. The molecule has 0 aromatic rings. The molecule has 1 aliphatic rings. The minimum atomic E-state index is -0.950. The van der Waals surface area contributed by atoms with E-state index in [9.17, 15) is 38.4 Å². The van der Waals surface area contributed by atoms with Crippen molar-refractivity contribution in [3.8, 4) is 0 Å². The van der Waals surface area contributed by atoms with Gasteiger partial charge in [-0.1, -0.05) is 78.9 Å². The fourth-order valence-corrected chi connectivity index (χ4v) is 6.55. The highest BCUT2D eigenvalue weighted by atomic mass is 32.2. The van der Waals surface area contributed by atoms with Gasteiger partial charge in [0, 0.05) is 63.6 Å². The number of hydrogen-bond acceptors (Lipinski definition) is 16. The second kappa shape index (κ2) is 29.9. The first-order valence-electron chi connectivity index (χ1n) is 20.3. The molecule has 0 saturated carbocycles. The Balaban J connectivity index is 2.60. The lowest BCUT2D eigenvalue weighted by atomic mass is 10.2.